The summed E-state index contributed by atoms with van der Waals surface area (Å²) in [5, 5.41) is 3.74. The van der Waals surface area contributed by atoms with Gasteiger partial charge in [0.05, 0.1) is 0 Å². The molecule has 3 rings (SSSR count). The quantitative estimate of drug-likeness (QED) is 0.856. The van der Waals surface area contributed by atoms with Crippen LogP contribution in [0.2, 0.25) is 0 Å². The molecule has 2 aliphatic rings. The molecule has 1 N–H and O–H groups in total. The molecule has 0 bridgehead atoms. The first-order valence-corrected chi connectivity index (χ1v) is 7.95. The summed E-state index contributed by atoms with van der Waals surface area (Å²) >= 11 is 0. The summed E-state index contributed by atoms with van der Waals surface area (Å²) in [5.74, 6) is 2.56. The third kappa shape index (κ3) is 3.26. The van der Waals surface area contributed by atoms with Crippen LogP contribution in [-0.2, 0) is 6.54 Å². The van der Waals surface area contributed by atoms with Gasteiger partial charge in [-0.05, 0) is 36.5 Å². The van der Waals surface area contributed by atoms with Gasteiger partial charge in [-0.2, -0.15) is 0 Å². The third-order valence-corrected chi connectivity index (χ3v) is 4.54. The number of hydrogen-bond donors (Lipinski definition) is 1. The molecule has 1 aromatic carbocycles. The van der Waals surface area contributed by atoms with Crippen LogP contribution in [0.1, 0.15) is 44.6 Å². The van der Waals surface area contributed by atoms with Crippen LogP contribution < -0.4 is 14.8 Å². The highest BCUT2D eigenvalue weighted by Gasteiger charge is 2.19. The number of benzene rings is 1. The summed E-state index contributed by atoms with van der Waals surface area (Å²) in [6.45, 7) is 4.62. The average molecular weight is 275 g/mol. The summed E-state index contributed by atoms with van der Waals surface area (Å²) in [7, 11) is 0. The van der Waals surface area contributed by atoms with Gasteiger partial charge in [0.1, 0.15) is 13.2 Å². The van der Waals surface area contributed by atoms with Gasteiger partial charge >= 0.3 is 0 Å². The van der Waals surface area contributed by atoms with Crippen molar-refractivity contribution in [1.29, 1.82) is 0 Å². The first-order valence-electron chi connectivity index (χ1n) is 7.95. The van der Waals surface area contributed by atoms with Crippen LogP contribution in [0.25, 0.3) is 0 Å². The SMILES string of the molecule is CC1CCCCCC1NCc1ccc2c(c1)OCCO2. The molecule has 1 aliphatic carbocycles. The van der Waals surface area contributed by atoms with Crippen LogP contribution in [0.15, 0.2) is 18.2 Å². The number of hydrogen-bond acceptors (Lipinski definition) is 3. The van der Waals surface area contributed by atoms with Gasteiger partial charge in [-0.15, -0.1) is 0 Å². The number of nitrogens with one attached hydrogen (secondary N) is 1. The summed E-state index contributed by atoms with van der Waals surface area (Å²) in [6, 6.07) is 6.94. The van der Waals surface area contributed by atoms with E-state index in [1.165, 1.54) is 37.7 Å². The Hall–Kier alpha value is -1.22. The molecule has 3 heteroatoms. The minimum absolute atomic E-state index is 0.656. The molecular weight excluding hydrogens is 250 g/mol. The van der Waals surface area contributed by atoms with Gasteiger partial charge < -0.3 is 14.8 Å². The molecule has 0 radical (unpaired) electrons. The van der Waals surface area contributed by atoms with Crippen LogP contribution in [-0.4, -0.2) is 19.3 Å². The zero-order valence-electron chi connectivity index (χ0n) is 12.4. The van der Waals surface area contributed by atoms with Crippen molar-refractivity contribution in [3.05, 3.63) is 23.8 Å². The Morgan fingerprint density at radius 1 is 1.05 bits per heavy atom. The lowest BCUT2D eigenvalue weighted by Gasteiger charge is -2.24. The standard InChI is InChI=1S/C17H25NO2/c1-13-5-3-2-4-6-15(13)18-12-14-7-8-16-17(11-14)20-10-9-19-16/h7-8,11,13,15,18H,2-6,9-10,12H2,1H3. The highest BCUT2D eigenvalue weighted by atomic mass is 16.6. The van der Waals surface area contributed by atoms with Crippen LogP contribution in [0.5, 0.6) is 11.5 Å². The predicted molar refractivity (Wildman–Crippen MR) is 80.3 cm³/mol. The fraction of sp³-hybridized carbons (Fsp3) is 0.647. The maximum Gasteiger partial charge on any atom is 0.161 e. The van der Waals surface area contributed by atoms with E-state index in [2.05, 4.69) is 24.4 Å². The van der Waals surface area contributed by atoms with Crippen molar-refractivity contribution in [2.45, 2.75) is 51.6 Å². The fourth-order valence-electron chi connectivity index (χ4n) is 3.24. The molecular formula is C17H25NO2. The van der Waals surface area contributed by atoms with Crippen molar-refractivity contribution >= 4 is 0 Å². The van der Waals surface area contributed by atoms with Crippen LogP contribution >= 0.6 is 0 Å². The lowest BCUT2D eigenvalue weighted by atomic mass is 9.97. The van der Waals surface area contributed by atoms with E-state index in [-0.39, 0.29) is 0 Å². The Kier molecular flexibility index (Phi) is 4.46. The van der Waals surface area contributed by atoms with E-state index in [1.807, 2.05) is 6.07 Å². The molecule has 0 amide bonds. The Balaban J connectivity index is 1.60. The molecule has 1 aromatic rings. The second-order valence-corrected chi connectivity index (χ2v) is 6.08. The van der Waals surface area contributed by atoms with E-state index >= 15 is 0 Å². The Morgan fingerprint density at radius 2 is 1.85 bits per heavy atom. The largest absolute Gasteiger partial charge is 0.486 e. The maximum absolute atomic E-state index is 5.64. The van der Waals surface area contributed by atoms with Crippen molar-refractivity contribution in [3.63, 3.8) is 0 Å². The van der Waals surface area contributed by atoms with E-state index in [9.17, 15) is 0 Å². The number of ether oxygens (including phenoxy) is 2. The van der Waals surface area contributed by atoms with Crippen LogP contribution in [0.4, 0.5) is 0 Å². The summed E-state index contributed by atoms with van der Waals surface area (Å²) < 4.78 is 11.2. The van der Waals surface area contributed by atoms with Crippen molar-refractivity contribution in [3.8, 4) is 11.5 Å². The average Bonchev–Trinajstić information content (AvgIpc) is 2.69. The molecule has 1 saturated carbocycles. The summed E-state index contributed by atoms with van der Waals surface area (Å²) in [6.07, 6.45) is 6.82. The van der Waals surface area contributed by atoms with E-state index in [4.69, 9.17) is 9.47 Å². The molecule has 3 nitrogen and oxygen atoms in total. The minimum atomic E-state index is 0.656. The highest BCUT2D eigenvalue weighted by Crippen LogP contribution is 2.31. The molecule has 0 saturated heterocycles. The van der Waals surface area contributed by atoms with Gasteiger partial charge in [0, 0.05) is 12.6 Å². The van der Waals surface area contributed by atoms with Gasteiger partial charge in [-0.25, -0.2) is 0 Å². The smallest absolute Gasteiger partial charge is 0.161 e. The Bertz CT molecular complexity index is 447. The molecule has 20 heavy (non-hydrogen) atoms. The van der Waals surface area contributed by atoms with Gasteiger partial charge in [-0.1, -0.05) is 32.3 Å². The molecule has 2 atom stereocenters. The zero-order valence-corrected chi connectivity index (χ0v) is 12.4. The molecule has 0 spiro atoms. The van der Waals surface area contributed by atoms with E-state index in [0.29, 0.717) is 19.3 Å². The van der Waals surface area contributed by atoms with E-state index in [1.54, 1.807) is 0 Å². The lowest BCUT2D eigenvalue weighted by molar-refractivity contribution is 0.171. The van der Waals surface area contributed by atoms with Gasteiger partial charge in [-0.3, -0.25) is 0 Å². The van der Waals surface area contributed by atoms with Crippen molar-refractivity contribution < 1.29 is 9.47 Å². The monoisotopic (exact) mass is 275 g/mol. The van der Waals surface area contributed by atoms with Gasteiger partial charge in [0.25, 0.3) is 0 Å². The minimum Gasteiger partial charge on any atom is -0.486 e. The number of rotatable bonds is 3. The maximum atomic E-state index is 5.64. The second kappa shape index (κ2) is 6.49. The first kappa shape index (κ1) is 13.7. The Labute approximate surface area is 121 Å². The first-order chi connectivity index (χ1) is 9.83. The molecule has 0 aromatic heterocycles. The highest BCUT2D eigenvalue weighted by molar-refractivity contribution is 5.43. The van der Waals surface area contributed by atoms with Crippen LogP contribution in [0.3, 0.4) is 0 Å². The van der Waals surface area contributed by atoms with Crippen molar-refractivity contribution in [2.24, 2.45) is 5.92 Å². The third-order valence-electron chi connectivity index (χ3n) is 4.54. The Morgan fingerprint density at radius 3 is 2.75 bits per heavy atom. The molecule has 110 valence electrons. The predicted octanol–water partition coefficient (Wildman–Crippen LogP) is 3.52. The van der Waals surface area contributed by atoms with Crippen LogP contribution in [0, 0.1) is 5.92 Å². The zero-order chi connectivity index (χ0) is 13.8. The molecule has 1 heterocycles. The van der Waals surface area contributed by atoms with Gasteiger partial charge in [0.15, 0.2) is 11.5 Å². The van der Waals surface area contributed by atoms with E-state index < -0.39 is 0 Å². The summed E-state index contributed by atoms with van der Waals surface area (Å²) in [4.78, 5) is 0. The molecule has 1 fully saturated rings. The van der Waals surface area contributed by atoms with E-state index in [0.717, 1.165) is 24.0 Å². The van der Waals surface area contributed by atoms with Gasteiger partial charge in [0.2, 0.25) is 0 Å². The lowest BCUT2D eigenvalue weighted by Crippen LogP contribution is -2.33. The molecule has 2 unspecified atom stereocenters. The topological polar surface area (TPSA) is 30.5 Å². The van der Waals surface area contributed by atoms with Crippen molar-refractivity contribution in [2.75, 3.05) is 13.2 Å². The second-order valence-electron chi connectivity index (χ2n) is 6.08. The fourth-order valence-corrected chi connectivity index (χ4v) is 3.24. The molecule has 1 aliphatic heterocycles. The number of fused-ring (bicyclic) bond motifs is 1. The normalized spacial score (nSPS) is 26.1. The van der Waals surface area contributed by atoms with Crippen molar-refractivity contribution in [1.82, 2.24) is 5.32 Å². The summed E-state index contributed by atoms with van der Waals surface area (Å²) in [5.41, 5.74) is 1.28.